The summed E-state index contributed by atoms with van der Waals surface area (Å²) in [4.78, 5) is 35.9. The number of carbonyl (C=O) groups excluding carboxylic acids is 3. The second kappa shape index (κ2) is 6.85. The highest BCUT2D eigenvalue weighted by Crippen LogP contribution is 2.13. The first-order chi connectivity index (χ1) is 9.24. The number of hydrogen-bond acceptors (Lipinski definition) is 5. The number of nitrogens with one attached hydrogen (secondary N) is 1. The van der Waals surface area contributed by atoms with Crippen molar-refractivity contribution < 1.29 is 23.9 Å². The Bertz CT molecular complexity index is 394. The third-order valence-electron chi connectivity index (χ3n) is 2.96. The standard InChI is InChI=1S/C12H22N2O5Si/c1-18-11(16)9-7-10(15)13-12(17)14(9)8-19-5-6-20(2,3)4/h9H,5-8H2,1-4H3,(H,13,15,17). The highest BCUT2D eigenvalue weighted by Gasteiger charge is 2.38. The number of esters is 1. The zero-order valence-electron chi connectivity index (χ0n) is 12.4. The largest absolute Gasteiger partial charge is 0.467 e. The molecular formula is C12H22N2O5Si. The fraction of sp³-hybridized carbons (Fsp3) is 0.750. The third-order valence-corrected chi connectivity index (χ3v) is 4.67. The molecule has 0 aliphatic carbocycles. The smallest absolute Gasteiger partial charge is 0.329 e. The van der Waals surface area contributed by atoms with E-state index in [1.165, 1.54) is 12.0 Å². The summed E-state index contributed by atoms with van der Waals surface area (Å²) in [6.45, 7) is 7.17. The first kappa shape index (κ1) is 16.6. The van der Waals surface area contributed by atoms with E-state index in [1.807, 2.05) is 0 Å². The summed E-state index contributed by atoms with van der Waals surface area (Å²) in [6, 6.07) is -0.567. The molecule has 0 aromatic rings. The molecule has 0 spiro atoms. The summed E-state index contributed by atoms with van der Waals surface area (Å²) >= 11 is 0. The second-order valence-corrected chi connectivity index (χ2v) is 11.5. The van der Waals surface area contributed by atoms with Gasteiger partial charge < -0.3 is 9.47 Å². The van der Waals surface area contributed by atoms with E-state index in [0.717, 1.165) is 6.04 Å². The molecule has 1 fully saturated rings. The number of imide groups is 1. The van der Waals surface area contributed by atoms with Crippen LogP contribution in [-0.4, -0.2) is 57.4 Å². The number of ether oxygens (including phenoxy) is 2. The van der Waals surface area contributed by atoms with Gasteiger partial charge in [0.15, 0.2) is 0 Å². The minimum absolute atomic E-state index is 0.0244. The molecule has 1 atom stereocenters. The molecule has 20 heavy (non-hydrogen) atoms. The monoisotopic (exact) mass is 302 g/mol. The lowest BCUT2D eigenvalue weighted by Gasteiger charge is -2.32. The number of hydrogen-bond donors (Lipinski definition) is 1. The molecule has 114 valence electrons. The van der Waals surface area contributed by atoms with Crippen LogP contribution in [0, 0.1) is 0 Å². The van der Waals surface area contributed by atoms with Crippen LogP contribution >= 0.6 is 0 Å². The van der Waals surface area contributed by atoms with E-state index in [2.05, 4.69) is 29.7 Å². The maximum Gasteiger partial charge on any atom is 0.329 e. The quantitative estimate of drug-likeness (QED) is 0.445. The molecule has 0 saturated carbocycles. The minimum atomic E-state index is -1.21. The average Bonchev–Trinajstić information content (AvgIpc) is 2.33. The molecule has 0 aromatic heterocycles. The number of urea groups is 1. The fourth-order valence-electron chi connectivity index (χ4n) is 1.71. The van der Waals surface area contributed by atoms with Crippen LogP contribution in [-0.2, 0) is 19.1 Å². The van der Waals surface area contributed by atoms with Crippen molar-refractivity contribution >= 4 is 26.0 Å². The Morgan fingerprint density at radius 3 is 2.60 bits per heavy atom. The van der Waals surface area contributed by atoms with Crippen LogP contribution < -0.4 is 5.32 Å². The van der Waals surface area contributed by atoms with Crippen molar-refractivity contribution in [3.63, 3.8) is 0 Å². The topological polar surface area (TPSA) is 84.9 Å². The molecule has 1 rings (SSSR count). The van der Waals surface area contributed by atoms with Crippen LogP contribution in [0.25, 0.3) is 0 Å². The Morgan fingerprint density at radius 1 is 1.40 bits per heavy atom. The van der Waals surface area contributed by atoms with E-state index in [-0.39, 0.29) is 13.2 Å². The van der Waals surface area contributed by atoms with Crippen LogP contribution in [0.2, 0.25) is 25.7 Å². The van der Waals surface area contributed by atoms with Gasteiger partial charge in [0.2, 0.25) is 5.91 Å². The SMILES string of the molecule is COC(=O)C1CC(=O)NC(=O)N1COCC[Si](C)(C)C. The summed E-state index contributed by atoms with van der Waals surface area (Å²) in [5.74, 6) is -1.09. The van der Waals surface area contributed by atoms with Gasteiger partial charge in [0.1, 0.15) is 12.8 Å². The van der Waals surface area contributed by atoms with E-state index in [9.17, 15) is 14.4 Å². The highest BCUT2D eigenvalue weighted by atomic mass is 28.3. The Balaban J connectivity index is 2.57. The molecule has 0 aromatic carbocycles. The first-order valence-corrected chi connectivity index (χ1v) is 10.2. The van der Waals surface area contributed by atoms with E-state index in [4.69, 9.17) is 4.74 Å². The Kier molecular flexibility index (Phi) is 5.70. The van der Waals surface area contributed by atoms with Crippen molar-refractivity contribution in [2.75, 3.05) is 20.4 Å². The lowest BCUT2D eigenvalue weighted by Crippen LogP contribution is -2.58. The Labute approximate surface area is 119 Å². The maximum absolute atomic E-state index is 11.7. The molecule has 1 aliphatic heterocycles. The van der Waals surface area contributed by atoms with Gasteiger partial charge in [-0.15, -0.1) is 0 Å². The van der Waals surface area contributed by atoms with Gasteiger partial charge in [-0.1, -0.05) is 19.6 Å². The number of amides is 3. The van der Waals surface area contributed by atoms with Gasteiger partial charge in [0.05, 0.1) is 13.5 Å². The van der Waals surface area contributed by atoms with Gasteiger partial charge in [0, 0.05) is 14.7 Å². The lowest BCUT2D eigenvalue weighted by molar-refractivity contribution is -0.151. The van der Waals surface area contributed by atoms with Crippen LogP contribution in [0.1, 0.15) is 6.42 Å². The molecule has 1 saturated heterocycles. The van der Waals surface area contributed by atoms with Gasteiger partial charge in [-0.3, -0.25) is 15.0 Å². The molecule has 1 heterocycles. The third kappa shape index (κ3) is 4.93. The summed E-state index contributed by atoms with van der Waals surface area (Å²) in [5, 5.41) is 2.16. The fourth-order valence-corrected chi connectivity index (χ4v) is 2.46. The predicted octanol–water partition coefficient (Wildman–Crippen LogP) is 0.782. The number of methoxy groups -OCH3 is 1. The van der Waals surface area contributed by atoms with Crippen molar-refractivity contribution in [3.8, 4) is 0 Å². The van der Waals surface area contributed by atoms with Crippen molar-refractivity contribution in [3.05, 3.63) is 0 Å². The average molecular weight is 302 g/mol. The van der Waals surface area contributed by atoms with Gasteiger partial charge in [-0.2, -0.15) is 0 Å². The van der Waals surface area contributed by atoms with E-state index >= 15 is 0 Å². The summed E-state index contributed by atoms with van der Waals surface area (Å²) in [6.07, 6.45) is -0.101. The second-order valence-electron chi connectivity index (χ2n) is 5.91. The van der Waals surface area contributed by atoms with E-state index in [1.54, 1.807) is 0 Å². The molecule has 1 aliphatic rings. The molecular weight excluding hydrogens is 280 g/mol. The van der Waals surface area contributed by atoms with Crippen molar-refractivity contribution in [2.24, 2.45) is 0 Å². The maximum atomic E-state index is 11.7. The van der Waals surface area contributed by atoms with Crippen molar-refractivity contribution in [1.82, 2.24) is 10.2 Å². The van der Waals surface area contributed by atoms with Crippen molar-refractivity contribution in [1.29, 1.82) is 0 Å². The minimum Gasteiger partial charge on any atom is -0.467 e. The molecule has 1 N–H and O–H groups in total. The first-order valence-electron chi connectivity index (χ1n) is 6.50. The molecule has 0 bridgehead atoms. The molecule has 8 heteroatoms. The van der Waals surface area contributed by atoms with Crippen LogP contribution in [0.15, 0.2) is 0 Å². The molecule has 3 amide bonds. The Hall–Kier alpha value is -1.41. The molecule has 1 unspecified atom stereocenters. The lowest BCUT2D eigenvalue weighted by atomic mass is 10.1. The van der Waals surface area contributed by atoms with Gasteiger partial charge >= 0.3 is 12.0 Å². The van der Waals surface area contributed by atoms with Crippen molar-refractivity contribution in [2.45, 2.75) is 38.1 Å². The highest BCUT2D eigenvalue weighted by molar-refractivity contribution is 6.76. The van der Waals surface area contributed by atoms with Crippen LogP contribution in [0.5, 0.6) is 0 Å². The zero-order valence-corrected chi connectivity index (χ0v) is 13.4. The van der Waals surface area contributed by atoms with Gasteiger partial charge in [-0.25, -0.2) is 9.59 Å². The van der Waals surface area contributed by atoms with Crippen LogP contribution in [0.4, 0.5) is 4.79 Å². The molecule has 0 radical (unpaired) electrons. The number of rotatable bonds is 6. The number of carbonyl (C=O) groups is 3. The normalized spacial score (nSPS) is 19.8. The summed E-state index contributed by atoms with van der Waals surface area (Å²) < 4.78 is 10.1. The van der Waals surface area contributed by atoms with Crippen LogP contribution in [0.3, 0.4) is 0 Å². The Morgan fingerprint density at radius 2 is 2.05 bits per heavy atom. The van der Waals surface area contributed by atoms with E-state index in [0.29, 0.717) is 6.61 Å². The van der Waals surface area contributed by atoms with E-state index < -0.39 is 32.0 Å². The van der Waals surface area contributed by atoms with Gasteiger partial charge in [-0.05, 0) is 6.04 Å². The zero-order chi connectivity index (χ0) is 15.3. The summed E-state index contributed by atoms with van der Waals surface area (Å²) in [5.41, 5.74) is 0. The predicted molar refractivity (Wildman–Crippen MR) is 74.8 cm³/mol. The molecule has 7 nitrogen and oxygen atoms in total. The van der Waals surface area contributed by atoms with Gasteiger partial charge in [0.25, 0.3) is 0 Å². The summed E-state index contributed by atoms with van der Waals surface area (Å²) in [7, 11) is 0.0183. The number of nitrogens with zero attached hydrogens (tertiary/aromatic N) is 1.